The molecule has 106 valence electrons. The number of H-pyrrole nitrogens is 1. The van der Waals surface area contributed by atoms with Crippen molar-refractivity contribution < 1.29 is 4.92 Å². The Balaban J connectivity index is 2.19. The molecule has 0 spiro atoms. The normalized spacial score (nSPS) is 11.1. The average molecular weight is 288 g/mol. The topological polar surface area (TPSA) is 58.9 Å². The van der Waals surface area contributed by atoms with Crippen LogP contribution in [0.2, 0.25) is 0 Å². The molecule has 1 heterocycles. The Morgan fingerprint density at radius 3 is 2.59 bits per heavy atom. The molecule has 1 N–H and O–H groups in total. The van der Waals surface area contributed by atoms with E-state index in [1.165, 1.54) is 0 Å². The van der Waals surface area contributed by atoms with Gasteiger partial charge in [0.1, 0.15) is 0 Å². The number of nitrogens with one attached hydrogen (secondary N) is 1. The second-order valence-corrected chi connectivity index (χ2v) is 5.18. The van der Waals surface area contributed by atoms with Crippen molar-refractivity contribution in [1.82, 2.24) is 4.98 Å². The molecule has 0 atom stereocenters. The molecule has 0 fully saturated rings. The van der Waals surface area contributed by atoms with Crippen molar-refractivity contribution >= 4 is 27.4 Å². The van der Waals surface area contributed by atoms with Crippen molar-refractivity contribution in [2.24, 2.45) is 0 Å². The first-order valence-corrected chi connectivity index (χ1v) is 6.98. The van der Waals surface area contributed by atoms with Gasteiger partial charge in [0.05, 0.1) is 10.5 Å². The van der Waals surface area contributed by atoms with Gasteiger partial charge >= 0.3 is 0 Å². The van der Waals surface area contributed by atoms with Gasteiger partial charge in [-0.25, -0.2) is 0 Å². The number of hydrogen-bond acceptors (Lipinski definition) is 2. The highest BCUT2D eigenvalue weighted by molar-refractivity contribution is 6.08. The molecule has 0 aliphatic carbocycles. The molecule has 4 aromatic rings. The predicted molar refractivity (Wildman–Crippen MR) is 87.9 cm³/mol. The smallest absolute Gasteiger partial charge is 0.277 e. The van der Waals surface area contributed by atoms with E-state index in [1.807, 2.05) is 54.7 Å². The molecular weight excluding hydrogens is 276 g/mol. The molecule has 0 unspecified atom stereocenters. The van der Waals surface area contributed by atoms with E-state index in [4.69, 9.17) is 0 Å². The summed E-state index contributed by atoms with van der Waals surface area (Å²) >= 11 is 0. The molecule has 0 bridgehead atoms. The highest BCUT2D eigenvalue weighted by Gasteiger charge is 2.20. The van der Waals surface area contributed by atoms with Crippen molar-refractivity contribution in [1.29, 1.82) is 0 Å². The van der Waals surface area contributed by atoms with Crippen molar-refractivity contribution in [2.45, 2.75) is 0 Å². The highest BCUT2D eigenvalue weighted by atomic mass is 16.6. The lowest BCUT2D eigenvalue weighted by molar-refractivity contribution is -0.384. The summed E-state index contributed by atoms with van der Waals surface area (Å²) in [5.41, 5.74) is 2.66. The summed E-state index contributed by atoms with van der Waals surface area (Å²) in [4.78, 5) is 14.4. The van der Waals surface area contributed by atoms with Gasteiger partial charge in [-0.3, -0.25) is 10.1 Å². The van der Waals surface area contributed by atoms with Gasteiger partial charge in [-0.15, -0.1) is 0 Å². The molecule has 0 aliphatic rings. The van der Waals surface area contributed by atoms with E-state index < -0.39 is 0 Å². The van der Waals surface area contributed by atoms with Crippen LogP contribution < -0.4 is 0 Å². The number of nitro groups is 1. The summed E-state index contributed by atoms with van der Waals surface area (Å²) in [5, 5.41) is 14.4. The van der Waals surface area contributed by atoms with Crippen molar-refractivity contribution in [3.05, 3.63) is 77.0 Å². The minimum atomic E-state index is -0.312. The Labute approximate surface area is 126 Å². The third-order valence-electron chi connectivity index (χ3n) is 3.97. The van der Waals surface area contributed by atoms with Gasteiger partial charge in [0.2, 0.25) is 0 Å². The van der Waals surface area contributed by atoms with Crippen LogP contribution in [0.25, 0.3) is 32.8 Å². The summed E-state index contributed by atoms with van der Waals surface area (Å²) in [7, 11) is 0. The van der Waals surface area contributed by atoms with Crippen LogP contribution in [0.3, 0.4) is 0 Å². The van der Waals surface area contributed by atoms with Crippen LogP contribution >= 0.6 is 0 Å². The molecule has 4 nitrogen and oxygen atoms in total. The zero-order valence-electron chi connectivity index (χ0n) is 11.6. The number of nitrogens with zero attached hydrogens (tertiary/aromatic N) is 1. The fourth-order valence-corrected chi connectivity index (χ4v) is 3.00. The maximum Gasteiger partial charge on any atom is 0.277 e. The largest absolute Gasteiger partial charge is 0.361 e. The second-order valence-electron chi connectivity index (χ2n) is 5.18. The molecule has 4 rings (SSSR count). The molecule has 0 saturated heterocycles. The van der Waals surface area contributed by atoms with E-state index in [1.54, 1.807) is 12.1 Å². The van der Waals surface area contributed by atoms with Crippen molar-refractivity contribution in [3.8, 4) is 11.1 Å². The fraction of sp³-hybridized carbons (Fsp3) is 0. The predicted octanol–water partition coefficient (Wildman–Crippen LogP) is 4.90. The molecule has 22 heavy (non-hydrogen) atoms. The van der Waals surface area contributed by atoms with Gasteiger partial charge < -0.3 is 4.98 Å². The first-order valence-electron chi connectivity index (χ1n) is 6.98. The van der Waals surface area contributed by atoms with Gasteiger partial charge in [-0.05, 0) is 34.5 Å². The Kier molecular flexibility index (Phi) is 2.69. The first kappa shape index (κ1) is 12.6. The zero-order chi connectivity index (χ0) is 15.1. The van der Waals surface area contributed by atoms with Gasteiger partial charge in [0.15, 0.2) is 0 Å². The fourth-order valence-electron chi connectivity index (χ4n) is 3.00. The highest BCUT2D eigenvalue weighted by Crippen LogP contribution is 2.39. The number of benzene rings is 3. The number of hydrogen-bond donors (Lipinski definition) is 1. The van der Waals surface area contributed by atoms with E-state index in [2.05, 4.69) is 4.98 Å². The summed E-state index contributed by atoms with van der Waals surface area (Å²) < 4.78 is 0. The Morgan fingerprint density at radius 2 is 1.73 bits per heavy atom. The van der Waals surface area contributed by atoms with E-state index in [0.717, 1.165) is 27.2 Å². The van der Waals surface area contributed by atoms with Crippen LogP contribution in [0, 0.1) is 10.1 Å². The number of aromatic nitrogens is 1. The van der Waals surface area contributed by atoms with E-state index in [0.29, 0.717) is 5.56 Å². The van der Waals surface area contributed by atoms with Crippen LogP contribution in [-0.4, -0.2) is 9.91 Å². The van der Waals surface area contributed by atoms with Crippen LogP contribution in [0.5, 0.6) is 0 Å². The Bertz CT molecular complexity index is 1020. The maximum atomic E-state index is 11.5. The lowest BCUT2D eigenvalue weighted by Crippen LogP contribution is -1.93. The van der Waals surface area contributed by atoms with Crippen LogP contribution in [-0.2, 0) is 0 Å². The second kappa shape index (κ2) is 4.70. The van der Waals surface area contributed by atoms with E-state index >= 15 is 0 Å². The molecule has 0 aliphatic heterocycles. The molecule has 3 aromatic carbocycles. The molecular formula is C18H12N2O2. The van der Waals surface area contributed by atoms with Gasteiger partial charge in [0.25, 0.3) is 5.69 Å². The monoisotopic (exact) mass is 288 g/mol. The van der Waals surface area contributed by atoms with E-state index in [-0.39, 0.29) is 10.6 Å². The minimum absolute atomic E-state index is 0.132. The molecule has 0 saturated carbocycles. The molecule has 0 amide bonds. The summed E-state index contributed by atoms with van der Waals surface area (Å²) in [5.74, 6) is 0. The third-order valence-corrected chi connectivity index (χ3v) is 3.97. The number of aromatic amines is 1. The number of nitro benzene ring substituents is 1. The summed E-state index contributed by atoms with van der Waals surface area (Å²) in [6.45, 7) is 0. The molecule has 4 heteroatoms. The Morgan fingerprint density at radius 1 is 0.864 bits per heavy atom. The maximum absolute atomic E-state index is 11.5. The average Bonchev–Trinajstić information content (AvgIpc) is 3.02. The van der Waals surface area contributed by atoms with E-state index in [9.17, 15) is 10.1 Å². The lowest BCUT2D eigenvalue weighted by atomic mass is 9.94. The zero-order valence-corrected chi connectivity index (χ0v) is 11.6. The third kappa shape index (κ3) is 1.78. The standard InChI is InChI=1S/C18H12N2O2/c21-20(22)17-9-8-12-4-1-2-5-13(12)18(17)15-6-3-7-16-14(15)10-11-19-16/h1-11,19H. The SMILES string of the molecule is O=[N+]([O-])c1ccc2ccccc2c1-c1cccc2[nH]ccc12. The number of fused-ring (bicyclic) bond motifs is 2. The van der Waals surface area contributed by atoms with Gasteiger partial charge in [-0.1, -0.05) is 36.4 Å². The number of rotatable bonds is 2. The van der Waals surface area contributed by atoms with Crippen LogP contribution in [0.1, 0.15) is 0 Å². The summed E-state index contributed by atoms with van der Waals surface area (Å²) in [6.07, 6.45) is 1.85. The molecule has 1 aromatic heterocycles. The first-order chi connectivity index (χ1) is 10.8. The van der Waals surface area contributed by atoms with Gasteiger partial charge in [-0.2, -0.15) is 0 Å². The summed E-state index contributed by atoms with van der Waals surface area (Å²) in [6, 6.07) is 18.9. The quantitative estimate of drug-likeness (QED) is 0.421. The lowest BCUT2D eigenvalue weighted by Gasteiger charge is -2.09. The minimum Gasteiger partial charge on any atom is -0.361 e. The van der Waals surface area contributed by atoms with Crippen molar-refractivity contribution in [2.75, 3.05) is 0 Å². The van der Waals surface area contributed by atoms with Crippen LogP contribution in [0.15, 0.2) is 66.9 Å². The van der Waals surface area contributed by atoms with Crippen LogP contribution in [0.4, 0.5) is 5.69 Å². The molecule has 0 radical (unpaired) electrons. The van der Waals surface area contributed by atoms with Gasteiger partial charge in [0, 0.05) is 23.2 Å². The van der Waals surface area contributed by atoms with Crippen molar-refractivity contribution in [3.63, 3.8) is 0 Å². The Hall–Kier alpha value is -3.14.